The van der Waals surface area contributed by atoms with Crippen LogP contribution in [0.2, 0.25) is 0 Å². The zero-order valence-electron chi connectivity index (χ0n) is 37.1. The number of phosphoric ester groups is 1. The average molecular weight is 809 g/mol. The van der Waals surface area contributed by atoms with Gasteiger partial charge in [-0.15, -0.1) is 0 Å². The van der Waals surface area contributed by atoms with E-state index in [0.717, 1.165) is 44.9 Å². The largest absolute Gasteiger partial charge is 0.756 e. The first-order valence-corrected chi connectivity index (χ1v) is 24.5. The van der Waals surface area contributed by atoms with Crippen LogP contribution in [0.5, 0.6) is 0 Å². The molecule has 0 heterocycles. The number of carbonyl (C=O) groups excluding carboxylic acids is 1. The van der Waals surface area contributed by atoms with Crippen molar-refractivity contribution in [3.63, 3.8) is 0 Å². The van der Waals surface area contributed by atoms with Gasteiger partial charge in [-0.05, 0) is 64.2 Å². The first-order chi connectivity index (χ1) is 27.0. The fourth-order valence-electron chi connectivity index (χ4n) is 6.31. The second-order valence-electron chi connectivity index (χ2n) is 16.7. The molecular weight excluding hydrogens is 719 g/mol. The predicted molar refractivity (Wildman–Crippen MR) is 238 cm³/mol. The van der Waals surface area contributed by atoms with Gasteiger partial charge in [0.25, 0.3) is 7.82 Å². The van der Waals surface area contributed by atoms with E-state index in [2.05, 4.69) is 55.6 Å². The molecule has 0 fully saturated rings. The molecule has 0 aromatic carbocycles. The van der Waals surface area contributed by atoms with Crippen LogP contribution in [0.3, 0.4) is 0 Å². The SMILES string of the molecule is CCCCC/C=C\C/C=C\CCCCCCCCCCCC(=O)NC(COP(=O)([O-])OCC[N+](C)(C)C)C(O)/C=C/CC/C=C/CCCCCCCCCCC. The minimum absolute atomic E-state index is 0.00836. The third kappa shape index (κ3) is 40.6. The lowest BCUT2D eigenvalue weighted by Crippen LogP contribution is -2.45. The monoisotopic (exact) mass is 809 g/mol. The second kappa shape index (κ2) is 38.9. The molecule has 0 saturated heterocycles. The number of allylic oxidation sites excluding steroid dienone is 7. The van der Waals surface area contributed by atoms with Gasteiger partial charge < -0.3 is 28.8 Å². The minimum atomic E-state index is -4.60. The fraction of sp³-hybridized carbons (Fsp3) is 0.809. The summed E-state index contributed by atoms with van der Waals surface area (Å²) in [5, 5.41) is 13.8. The van der Waals surface area contributed by atoms with Crippen molar-refractivity contribution < 1.29 is 32.9 Å². The van der Waals surface area contributed by atoms with Crippen molar-refractivity contribution in [1.82, 2.24) is 5.32 Å². The van der Waals surface area contributed by atoms with Crippen LogP contribution in [0.25, 0.3) is 0 Å². The lowest BCUT2D eigenvalue weighted by atomic mass is 10.1. The Labute approximate surface area is 346 Å². The number of hydrogen-bond acceptors (Lipinski definition) is 6. The lowest BCUT2D eigenvalue weighted by Gasteiger charge is -2.29. The maximum atomic E-state index is 12.9. The van der Waals surface area contributed by atoms with Gasteiger partial charge in [-0.25, -0.2) is 0 Å². The summed E-state index contributed by atoms with van der Waals surface area (Å²) >= 11 is 0. The summed E-state index contributed by atoms with van der Waals surface area (Å²) in [5.41, 5.74) is 0. The van der Waals surface area contributed by atoms with Crippen LogP contribution in [0.15, 0.2) is 48.6 Å². The smallest absolute Gasteiger partial charge is 0.268 e. The van der Waals surface area contributed by atoms with Gasteiger partial charge >= 0.3 is 0 Å². The van der Waals surface area contributed by atoms with E-state index in [-0.39, 0.29) is 12.5 Å². The van der Waals surface area contributed by atoms with Crippen molar-refractivity contribution in [3.8, 4) is 0 Å². The van der Waals surface area contributed by atoms with E-state index >= 15 is 0 Å². The lowest BCUT2D eigenvalue weighted by molar-refractivity contribution is -0.870. The molecule has 0 saturated carbocycles. The molecule has 0 spiro atoms. The third-order valence-corrected chi connectivity index (χ3v) is 11.0. The molecule has 2 N–H and O–H groups in total. The van der Waals surface area contributed by atoms with E-state index < -0.39 is 26.6 Å². The zero-order chi connectivity index (χ0) is 41.4. The first-order valence-electron chi connectivity index (χ1n) is 23.0. The maximum Gasteiger partial charge on any atom is 0.268 e. The summed E-state index contributed by atoms with van der Waals surface area (Å²) in [6.45, 7) is 4.59. The Morgan fingerprint density at radius 2 is 1.05 bits per heavy atom. The molecule has 0 bridgehead atoms. The molecule has 56 heavy (non-hydrogen) atoms. The van der Waals surface area contributed by atoms with Crippen LogP contribution >= 0.6 is 7.82 Å². The molecule has 0 radical (unpaired) electrons. The number of carbonyl (C=O) groups is 1. The highest BCUT2D eigenvalue weighted by Gasteiger charge is 2.23. The highest BCUT2D eigenvalue weighted by atomic mass is 31.2. The number of rotatable bonds is 41. The van der Waals surface area contributed by atoms with Gasteiger partial charge in [0.15, 0.2) is 0 Å². The molecule has 0 aromatic rings. The summed E-state index contributed by atoms with van der Waals surface area (Å²) in [4.78, 5) is 25.3. The summed E-state index contributed by atoms with van der Waals surface area (Å²) < 4.78 is 23.2. The Morgan fingerprint density at radius 3 is 1.59 bits per heavy atom. The molecular formula is C47H89N2O6P. The molecule has 328 valence electrons. The summed E-state index contributed by atoms with van der Waals surface area (Å²) in [5.74, 6) is -0.214. The van der Waals surface area contributed by atoms with Gasteiger partial charge in [0, 0.05) is 6.42 Å². The summed E-state index contributed by atoms with van der Waals surface area (Å²) in [6, 6.07) is -0.905. The molecule has 3 atom stereocenters. The number of phosphoric acid groups is 1. The van der Waals surface area contributed by atoms with Crippen LogP contribution in [0, 0.1) is 0 Å². The number of hydrogen-bond donors (Lipinski definition) is 2. The van der Waals surface area contributed by atoms with E-state index in [1.165, 1.54) is 128 Å². The van der Waals surface area contributed by atoms with E-state index in [4.69, 9.17) is 9.05 Å². The van der Waals surface area contributed by atoms with E-state index in [0.29, 0.717) is 17.4 Å². The van der Waals surface area contributed by atoms with Crippen LogP contribution in [-0.2, 0) is 18.4 Å². The highest BCUT2D eigenvalue weighted by Crippen LogP contribution is 2.38. The zero-order valence-corrected chi connectivity index (χ0v) is 38.0. The Balaban J connectivity index is 4.44. The Bertz CT molecular complexity index is 1050. The molecule has 0 aromatic heterocycles. The predicted octanol–water partition coefficient (Wildman–Crippen LogP) is 12.2. The standard InChI is InChI=1S/C47H89N2O6P/c1-6-8-10-12-14-16-18-20-22-23-24-25-27-29-31-33-35-37-39-41-47(51)48-45(44-55-56(52,53)54-43-42-49(3,4)5)46(50)40-38-36-34-32-30-28-26-21-19-17-15-13-11-9-7-2/h14,16,20,22,30,32,38,40,45-46,50H,6-13,15,17-19,21,23-29,31,33-37,39,41-44H2,1-5H3,(H-,48,51,52,53)/b16-14-,22-20-,32-30+,40-38+. The number of unbranched alkanes of at least 4 members (excludes halogenated alkanes) is 22. The molecule has 3 unspecified atom stereocenters. The first kappa shape index (κ1) is 54.5. The highest BCUT2D eigenvalue weighted by molar-refractivity contribution is 7.45. The number of quaternary nitrogens is 1. The molecule has 0 aliphatic heterocycles. The molecule has 9 heteroatoms. The average Bonchev–Trinajstić information content (AvgIpc) is 3.15. The maximum absolute atomic E-state index is 12.9. The van der Waals surface area contributed by atoms with Gasteiger partial charge in [0.1, 0.15) is 13.2 Å². The van der Waals surface area contributed by atoms with Crippen LogP contribution in [-0.4, -0.2) is 68.5 Å². The molecule has 1 amide bonds. The van der Waals surface area contributed by atoms with Crippen LogP contribution < -0.4 is 10.2 Å². The Hall–Kier alpha value is -1.54. The van der Waals surface area contributed by atoms with Gasteiger partial charge in [0.05, 0.1) is 39.9 Å². The summed E-state index contributed by atoms with van der Waals surface area (Å²) in [6.07, 6.45) is 48.7. The molecule has 0 aliphatic rings. The third-order valence-electron chi connectivity index (χ3n) is 10.0. The van der Waals surface area contributed by atoms with Crippen molar-refractivity contribution in [2.45, 2.75) is 206 Å². The van der Waals surface area contributed by atoms with E-state index in [1.807, 2.05) is 27.2 Å². The van der Waals surface area contributed by atoms with Crippen molar-refractivity contribution in [2.24, 2.45) is 0 Å². The van der Waals surface area contributed by atoms with Crippen molar-refractivity contribution in [2.75, 3.05) is 40.9 Å². The van der Waals surface area contributed by atoms with E-state index in [9.17, 15) is 19.4 Å². The number of aliphatic hydroxyl groups is 1. The van der Waals surface area contributed by atoms with Crippen molar-refractivity contribution in [1.29, 1.82) is 0 Å². The van der Waals surface area contributed by atoms with Gasteiger partial charge in [-0.2, -0.15) is 0 Å². The number of nitrogens with one attached hydrogen (secondary N) is 1. The second-order valence-corrected chi connectivity index (χ2v) is 18.2. The Morgan fingerprint density at radius 1 is 0.625 bits per heavy atom. The molecule has 8 nitrogen and oxygen atoms in total. The van der Waals surface area contributed by atoms with Crippen molar-refractivity contribution >= 4 is 13.7 Å². The number of aliphatic hydroxyl groups excluding tert-OH is 1. The normalized spacial score (nSPS) is 14.8. The van der Waals surface area contributed by atoms with Gasteiger partial charge in [-0.3, -0.25) is 9.36 Å². The minimum Gasteiger partial charge on any atom is -0.756 e. The number of amides is 1. The fourth-order valence-corrected chi connectivity index (χ4v) is 7.04. The molecule has 0 aliphatic carbocycles. The Kier molecular flexibility index (Phi) is 37.9. The van der Waals surface area contributed by atoms with Gasteiger partial charge in [0.2, 0.25) is 5.91 Å². The van der Waals surface area contributed by atoms with Crippen LogP contribution in [0.1, 0.15) is 194 Å². The van der Waals surface area contributed by atoms with E-state index in [1.54, 1.807) is 6.08 Å². The number of likely N-dealkylation sites (N-methyl/N-ethyl adjacent to an activating group) is 1. The topological polar surface area (TPSA) is 108 Å². The van der Waals surface area contributed by atoms with Crippen molar-refractivity contribution in [3.05, 3.63) is 48.6 Å². The summed E-state index contributed by atoms with van der Waals surface area (Å²) in [7, 11) is 1.24. The quantitative estimate of drug-likeness (QED) is 0.0276. The van der Waals surface area contributed by atoms with Crippen LogP contribution in [0.4, 0.5) is 0 Å². The molecule has 0 rings (SSSR count). The van der Waals surface area contributed by atoms with Gasteiger partial charge in [-0.1, -0.05) is 172 Å². The number of nitrogens with zero attached hydrogens (tertiary/aromatic N) is 1.